The van der Waals surface area contributed by atoms with Gasteiger partial charge in [-0.15, -0.1) is 0 Å². The van der Waals surface area contributed by atoms with Crippen molar-refractivity contribution in [1.29, 1.82) is 0 Å². The number of nitrogens with zero attached hydrogens (tertiary/aromatic N) is 1. The lowest BCUT2D eigenvalue weighted by Gasteiger charge is -2.13. The highest BCUT2D eigenvalue weighted by Crippen LogP contribution is 2.16. The molecule has 0 saturated heterocycles. The quantitative estimate of drug-likeness (QED) is 0.742. The monoisotopic (exact) mass is 261 g/mol. The van der Waals surface area contributed by atoms with Gasteiger partial charge in [-0.05, 0) is 18.6 Å². The van der Waals surface area contributed by atoms with Crippen molar-refractivity contribution >= 4 is 5.97 Å². The number of carboxylic acid groups (broad SMARTS) is 1. The normalized spacial score (nSPS) is 12.3. The van der Waals surface area contributed by atoms with Crippen molar-refractivity contribution in [3.8, 4) is 5.69 Å². The van der Waals surface area contributed by atoms with Crippen LogP contribution in [0, 0.1) is 6.92 Å². The number of imidazole rings is 1. The number of aromatic nitrogens is 2. The van der Waals surface area contributed by atoms with Gasteiger partial charge in [0.1, 0.15) is 6.04 Å². The van der Waals surface area contributed by atoms with Crippen LogP contribution in [0.3, 0.4) is 0 Å². The topological polar surface area (TPSA) is 101 Å². The lowest BCUT2D eigenvalue weighted by atomic mass is 10.0. The van der Waals surface area contributed by atoms with E-state index in [0.29, 0.717) is 5.69 Å². The Morgan fingerprint density at radius 3 is 2.74 bits per heavy atom. The van der Waals surface area contributed by atoms with E-state index in [1.807, 2.05) is 0 Å². The molecule has 0 bridgehead atoms. The second-order valence-electron chi connectivity index (χ2n) is 4.35. The van der Waals surface area contributed by atoms with Crippen molar-refractivity contribution in [2.75, 3.05) is 0 Å². The highest BCUT2D eigenvalue weighted by molar-refractivity contribution is 5.73. The van der Waals surface area contributed by atoms with Gasteiger partial charge in [0.05, 0.1) is 5.69 Å². The summed E-state index contributed by atoms with van der Waals surface area (Å²) in [5, 5.41) is 8.87. The molecule has 1 heterocycles. The molecule has 1 atom stereocenters. The highest BCUT2D eigenvalue weighted by Gasteiger charge is 2.16. The Balaban J connectivity index is 2.48. The molecule has 6 heteroatoms. The van der Waals surface area contributed by atoms with Crippen LogP contribution in [-0.2, 0) is 11.2 Å². The van der Waals surface area contributed by atoms with Gasteiger partial charge in [0.15, 0.2) is 0 Å². The van der Waals surface area contributed by atoms with Crippen LogP contribution in [0.4, 0.5) is 0 Å². The van der Waals surface area contributed by atoms with Crippen LogP contribution in [0.2, 0.25) is 0 Å². The lowest BCUT2D eigenvalue weighted by molar-refractivity contribution is -0.138. The molecule has 2 rings (SSSR count). The van der Waals surface area contributed by atoms with Gasteiger partial charge in [-0.3, -0.25) is 9.36 Å². The van der Waals surface area contributed by atoms with Gasteiger partial charge in [0, 0.05) is 18.3 Å². The number of hydrogen-bond acceptors (Lipinski definition) is 3. The Morgan fingerprint density at radius 1 is 1.47 bits per heavy atom. The van der Waals surface area contributed by atoms with E-state index in [4.69, 9.17) is 10.8 Å². The van der Waals surface area contributed by atoms with E-state index in [0.717, 1.165) is 11.3 Å². The predicted molar refractivity (Wildman–Crippen MR) is 70.4 cm³/mol. The summed E-state index contributed by atoms with van der Waals surface area (Å²) in [7, 11) is 0. The first-order chi connectivity index (χ1) is 9.00. The fraction of sp³-hybridized carbons (Fsp3) is 0.231. The van der Waals surface area contributed by atoms with E-state index < -0.39 is 12.0 Å². The number of carboxylic acids is 1. The number of rotatable bonds is 4. The van der Waals surface area contributed by atoms with Crippen molar-refractivity contribution in [3.05, 3.63) is 52.2 Å². The SMILES string of the molecule is Cc1c[nH]c(=O)n1-c1ccccc1CC(N)C(=O)O. The molecule has 100 valence electrons. The van der Waals surface area contributed by atoms with Crippen LogP contribution in [0.25, 0.3) is 5.69 Å². The van der Waals surface area contributed by atoms with E-state index in [1.165, 1.54) is 4.57 Å². The van der Waals surface area contributed by atoms with Gasteiger partial charge in [-0.25, -0.2) is 4.79 Å². The molecule has 0 fully saturated rings. The Morgan fingerprint density at radius 2 is 2.16 bits per heavy atom. The van der Waals surface area contributed by atoms with E-state index in [1.54, 1.807) is 37.4 Å². The summed E-state index contributed by atoms with van der Waals surface area (Å²) < 4.78 is 1.50. The Labute approximate surface area is 109 Å². The predicted octanol–water partition coefficient (Wildman–Crippen LogP) is 0.428. The third kappa shape index (κ3) is 2.58. The van der Waals surface area contributed by atoms with Gasteiger partial charge >= 0.3 is 11.7 Å². The molecule has 0 saturated carbocycles. The average molecular weight is 261 g/mol. The average Bonchev–Trinajstić information content (AvgIpc) is 2.70. The van der Waals surface area contributed by atoms with Gasteiger partial charge in [0.25, 0.3) is 0 Å². The maximum Gasteiger partial charge on any atom is 0.330 e. The summed E-state index contributed by atoms with van der Waals surface area (Å²) in [6.45, 7) is 1.80. The van der Waals surface area contributed by atoms with Crippen LogP contribution in [0.5, 0.6) is 0 Å². The second kappa shape index (κ2) is 5.11. The number of nitrogens with one attached hydrogen (secondary N) is 1. The van der Waals surface area contributed by atoms with Crippen molar-refractivity contribution in [2.45, 2.75) is 19.4 Å². The number of aryl methyl sites for hydroxylation is 1. The minimum atomic E-state index is -1.06. The molecule has 0 spiro atoms. The third-order valence-corrected chi connectivity index (χ3v) is 2.95. The molecular formula is C13H15N3O3. The first-order valence-electron chi connectivity index (χ1n) is 5.84. The van der Waals surface area contributed by atoms with Gasteiger partial charge in [-0.1, -0.05) is 18.2 Å². The summed E-state index contributed by atoms with van der Waals surface area (Å²) in [6, 6.07) is 6.14. The minimum absolute atomic E-state index is 0.169. The number of carbonyl (C=O) groups is 1. The molecule has 1 aromatic heterocycles. The fourth-order valence-electron chi connectivity index (χ4n) is 1.98. The van der Waals surface area contributed by atoms with Gasteiger partial charge < -0.3 is 15.8 Å². The number of aromatic amines is 1. The Bertz CT molecular complexity index is 657. The van der Waals surface area contributed by atoms with E-state index in [9.17, 15) is 9.59 Å². The molecule has 0 aliphatic carbocycles. The summed E-state index contributed by atoms with van der Waals surface area (Å²) in [6.07, 6.45) is 1.78. The molecule has 6 nitrogen and oxygen atoms in total. The zero-order valence-electron chi connectivity index (χ0n) is 10.5. The molecule has 19 heavy (non-hydrogen) atoms. The summed E-state index contributed by atoms with van der Waals surface area (Å²) >= 11 is 0. The van der Waals surface area contributed by atoms with E-state index in [2.05, 4.69) is 4.98 Å². The molecular weight excluding hydrogens is 246 g/mol. The summed E-state index contributed by atoms with van der Waals surface area (Å²) in [5.41, 5.74) is 7.43. The summed E-state index contributed by atoms with van der Waals surface area (Å²) in [4.78, 5) is 25.2. The lowest BCUT2D eigenvalue weighted by Crippen LogP contribution is -2.33. The van der Waals surface area contributed by atoms with Crippen LogP contribution < -0.4 is 11.4 Å². The molecule has 4 N–H and O–H groups in total. The standard InChI is InChI=1S/C13H15N3O3/c1-8-7-15-13(19)16(8)11-5-3-2-4-9(11)6-10(14)12(17)18/h2-5,7,10H,6,14H2,1H3,(H,15,19)(H,17,18). The van der Waals surface area contributed by atoms with Crippen molar-refractivity contribution in [3.63, 3.8) is 0 Å². The maximum atomic E-state index is 11.8. The maximum absolute atomic E-state index is 11.8. The highest BCUT2D eigenvalue weighted by atomic mass is 16.4. The smallest absolute Gasteiger partial charge is 0.330 e. The number of H-pyrrole nitrogens is 1. The van der Waals surface area contributed by atoms with Crippen LogP contribution in [0.15, 0.2) is 35.3 Å². The van der Waals surface area contributed by atoms with Gasteiger partial charge in [-0.2, -0.15) is 0 Å². The zero-order valence-corrected chi connectivity index (χ0v) is 10.5. The van der Waals surface area contributed by atoms with Gasteiger partial charge in [0.2, 0.25) is 0 Å². The number of para-hydroxylation sites is 1. The first kappa shape index (κ1) is 13.1. The van der Waals surface area contributed by atoms with Crippen LogP contribution in [0.1, 0.15) is 11.3 Å². The molecule has 0 aliphatic rings. The fourth-order valence-corrected chi connectivity index (χ4v) is 1.98. The van der Waals surface area contributed by atoms with Crippen molar-refractivity contribution in [2.24, 2.45) is 5.73 Å². The van der Waals surface area contributed by atoms with Crippen molar-refractivity contribution < 1.29 is 9.90 Å². The zero-order chi connectivity index (χ0) is 14.0. The van der Waals surface area contributed by atoms with E-state index in [-0.39, 0.29) is 12.1 Å². The number of aliphatic carboxylic acids is 1. The molecule has 0 radical (unpaired) electrons. The Kier molecular flexibility index (Phi) is 3.52. The molecule has 1 unspecified atom stereocenters. The first-order valence-corrected chi connectivity index (χ1v) is 5.84. The Hall–Kier alpha value is -2.34. The van der Waals surface area contributed by atoms with Crippen LogP contribution in [-0.4, -0.2) is 26.7 Å². The molecule has 1 aromatic carbocycles. The second-order valence-corrected chi connectivity index (χ2v) is 4.35. The molecule has 0 aliphatic heterocycles. The minimum Gasteiger partial charge on any atom is -0.480 e. The largest absolute Gasteiger partial charge is 0.480 e. The van der Waals surface area contributed by atoms with E-state index >= 15 is 0 Å². The third-order valence-electron chi connectivity index (χ3n) is 2.95. The molecule has 0 amide bonds. The summed E-state index contributed by atoms with van der Waals surface area (Å²) in [5.74, 6) is -1.06. The molecule has 2 aromatic rings. The number of nitrogens with two attached hydrogens (primary N) is 1. The number of hydrogen-bond donors (Lipinski definition) is 3. The van der Waals surface area contributed by atoms with Crippen molar-refractivity contribution in [1.82, 2.24) is 9.55 Å². The number of benzene rings is 1. The van der Waals surface area contributed by atoms with Crippen LogP contribution >= 0.6 is 0 Å².